The van der Waals surface area contributed by atoms with Crippen LogP contribution >= 0.6 is 0 Å². The molecule has 0 aliphatic heterocycles. The molecule has 6 nitrogen and oxygen atoms in total. The molecule has 88 valence electrons. The Balaban J connectivity index is 4.19. The summed E-state index contributed by atoms with van der Waals surface area (Å²) >= 11 is 0. The smallest absolute Gasteiger partial charge is 0.447 e. The minimum absolute atomic E-state index is 0.0832. The standard InChI is InChI=1S/C9H16O6/c1-5-9(4,6(2)3)13-8(12)15-14-7(10)11/h6H,5H2,1-4H3,(H,10,11). The van der Waals surface area contributed by atoms with E-state index >= 15 is 0 Å². The van der Waals surface area contributed by atoms with Gasteiger partial charge in [-0.2, -0.15) is 9.68 Å². The van der Waals surface area contributed by atoms with Crippen LogP contribution in [-0.4, -0.2) is 23.0 Å². The summed E-state index contributed by atoms with van der Waals surface area (Å²) in [6.45, 7) is 7.36. The Hall–Kier alpha value is -1.46. The van der Waals surface area contributed by atoms with Gasteiger partial charge in [-0.25, -0.2) is 9.68 Å². The highest BCUT2D eigenvalue weighted by Crippen LogP contribution is 2.25. The second kappa shape index (κ2) is 5.43. The van der Waals surface area contributed by atoms with Crippen molar-refractivity contribution in [2.24, 2.45) is 5.92 Å². The number of ether oxygens (including phenoxy) is 1. The zero-order valence-corrected chi connectivity index (χ0v) is 9.27. The molecule has 0 aliphatic carbocycles. The van der Waals surface area contributed by atoms with Gasteiger partial charge >= 0.3 is 12.3 Å². The van der Waals surface area contributed by atoms with Gasteiger partial charge in [-0.1, -0.05) is 20.8 Å². The average molecular weight is 220 g/mol. The molecular weight excluding hydrogens is 204 g/mol. The molecule has 0 rings (SSSR count). The molecule has 0 saturated heterocycles. The molecule has 0 heterocycles. The molecule has 0 amide bonds. The highest BCUT2D eigenvalue weighted by molar-refractivity contribution is 5.62. The molecule has 0 aliphatic rings. The summed E-state index contributed by atoms with van der Waals surface area (Å²) in [6.07, 6.45) is -2.27. The zero-order chi connectivity index (χ0) is 12.1. The monoisotopic (exact) mass is 220 g/mol. The summed E-state index contributed by atoms with van der Waals surface area (Å²) in [5, 5.41) is 8.07. The minimum Gasteiger partial charge on any atom is -0.447 e. The molecule has 0 spiro atoms. The van der Waals surface area contributed by atoms with Crippen molar-refractivity contribution < 1.29 is 29.2 Å². The van der Waals surface area contributed by atoms with E-state index in [-0.39, 0.29) is 5.92 Å². The maximum atomic E-state index is 11.0. The van der Waals surface area contributed by atoms with Gasteiger partial charge in [-0.05, 0) is 19.3 Å². The van der Waals surface area contributed by atoms with E-state index in [4.69, 9.17) is 9.84 Å². The van der Waals surface area contributed by atoms with Crippen LogP contribution in [0, 0.1) is 5.92 Å². The van der Waals surface area contributed by atoms with Gasteiger partial charge in [0, 0.05) is 0 Å². The van der Waals surface area contributed by atoms with Crippen molar-refractivity contribution in [1.29, 1.82) is 0 Å². The lowest BCUT2D eigenvalue weighted by atomic mass is 9.90. The minimum atomic E-state index is -1.70. The fourth-order valence-corrected chi connectivity index (χ4v) is 0.875. The van der Waals surface area contributed by atoms with Crippen LogP contribution in [-0.2, 0) is 14.5 Å². The van der Waals surface area contributed by atoms with Gasteiger partial charge in [0.15, 0.2) is 0 Å². The van der Waals surface area contributed by atoms with Crippen molar-refractivity contribution in [2.75, 3.05) is 0 Å². The molecule has 0 aromatic rings. The summed E-state index contributed by atoms with van der Waals surface area (Å²) in [4.78, 5) is 28.4. The molecule has 1 N–H and O–H groups in total. The molecule has 0 aromatic carbocycles. The molecular formula is C9H16O6. The average Bonchev–Trinajstić information content (AvgIpc) is 2.14. The lowest BCUT2D eigenvalue weighted by Crippen LogP contribution is -2.36. The highest BCUT2D eigenvalue weighted by atomic mass is 17.3. The fourth-order valence-electron chi connectivity index (χ4n) is 0.875. The largest absolute Gasteiger partial charge is 0.550 e. The van der Waals surface area contributed by atoms with Gasteiger partial charge in [0.25, 0.3) is 0 Å². The molecule has 0 bridgehead atoms. The first kappa shape index (κ1) is 13.5. The van der Waals surface area contributed by atoms with Crippen molar-refractivity contribution in [3.63, 3.8) is 0 Å². The van der Waals surface area contributed by atoms with Gasteiger partial charge in [-0.15, -0.1) is 0 Å². The summed E-state index contributed by atoms with van der Waals surface area (Å²) in [5.74, 6) is 0.0832. The van der Waals surface area contributed by atoms with E-state index in [9.17, 15) is 9.59 Å². The first-order valence-electron chi connectivity index (χ1n) is 4.62. The highest BCUT2D eigenvalue weighted by Gasteiger charge is 2.32. The molecule has 0 fully saturated rings. The Morgan fingerprint density at radius 1 is 1.33 bits per heavy atom. The van der Waals surface area contributed by atoms with Gasteiger partial charge in [0.2, 0.25) is 0 Å². The lowest BCUT2D eigenvalue weighted by Gasteiger charge is -2.30. The van der Waals surface area contributed by atoms with Crippen LogP contribution in [0.25, 0.3) is 0 Å². The number of carboxylic acid groups (broad SMARTS) is 1. The van der Waals surface area contributed by atoms with Crippen LogP contribution in [0.1, 0.15) is 34.1 Å². The van der Waals surface area contributed by atoms with Crippen LogP contribution in [0.2, 0.25) is 0 Å². The van der Waals surface area contributed by atoms with E-state index in [1.54, 1.807) is 6.92 Å². The third-order valence-electron chi connectivity index (χ3n) is 2.42. The van der Waals surface area contributed by atoms with E-state index in [1.807, 2.05) is 20.8 Å². The summed E-state index contributed by atoms with van der Waals surface area (Å²) in [7, 11) is 0. The van der Waals surface area contributed by atoms with Crippen LogP contribution in [0.3, 0.4) is 0 Å². The van der Waals surface area contributed by atoms with Crippen LogP contribution in [0.5, 0.6) is 0 Å². The molecule has 1 unspecified atom stereocenters. The summed E-state index contributed by atoms with van der Waals surface area (Å²) in [6, 6.07) is 0. The van der Waals surface area contributed by atoms with Gasteiger partial charge in [-0.3, -0.25) is 0 Å². The van der Waals surface area contributed by atoms with Crippen molar-refractivity contribution >= 4 is 12.3 Å². The molecule has 15 heavy (non-hydrogen) atoms. The Morgan fingerprint density at radius 3 is 2.20 bits per heavy atom. The van der Waals surface area contributed by atoms with E-state index < -0.39 is 17.9 Å². The van der Waals surface area contributed by atoms with Gasteiger partial charge < -0.3 is 9.84 Å². The number of carbonyl (C=O) groups excluding carboxylic acids is 1. The maximum Gasteiger partial charge on any atom is 0.550 e. The van der Waals surface area contributed by atoms with Crippen molar-refractivity contribution in [3.05, 3.63) is 0 Å². The molecule has 0 radical (unpaired) electrons. The Morgan fingerprint density at radius 2 is 1.87 bits per heavy atom. The third kappa shape index (κ3) is 4.53. The lowest BCUT2D eigenvalue weighted by molar-refractivity contribution is -0.225. The Kier molecular flexibility index (Phi) is 4.90. The van der Waals surface area contributed by atoms with Gasteiger partial charge in [0.05, 0.1) is 0 Å². The summed E-state index contributed by atoms with van der Waals surface area (Å²) < 4.78 is 4.95. The van der Waals surface area contributed by atoms with Crippen LogP contribution in [0.15, 0.2) is 0 Å². The van der Waals surface area contributed by atoms with E-state index in [2.05, 4.69) is 9.78 Å². The van der Waals surface area contributed by atoms with Crippen LogP contribution < -0.4 is 0 Å². The topological polar surface area (TPSA) is 82.1 Å². The summed E-state index contributed by atoms with van der Waals surface area (Å²) in [5.41, 5.74) is -0.695. The maximum absolute atomic E-state index is 11.0. The van der Waals surface area contributed by atoms with Crippen molar-refractivity contribution in [2.45, 2.75) is 39.7 Å². The molecule has 6 heteroatoms. The molecule has 1 atom stereocenters. The Bertz CT molecular complexity index is 237. The predicted molar refractivity (Wildman–Crippen MR) is 50.2 cm³/mol. The van der Waals surface area contributed by atoms with Gasteiger partial charge in [0.1, 0.15) is 5.60 Å². The second-order valence-electron chi connectivity index (χ2n) is 3.61. The van der Waals surface area contributed by atoms with E-state index in [1.165, 1.54) is 0 Å². The predicted octanol–water partition coefficient (Wildman–Crippen LogP) is 2.57. The number of rotatable bonds is 3. The first-order valence-corrected chi connectivity index (χ1v) is 4.62. The number of carbonyl (C=O) groups is 2. The SMILES string of the molecule is CCC(C)(OC(=O)OOC(=O)O)C(C)C. The van der Waals surface area contributed by atoms with E-state index in [0.717, 1.165) is 0 Å². The number of hydrogen-bond donors (Lipinski definition) is 1. The zero-order valence-electron chi connectivity index (χ0n) is 9.27. The third-order valence-corrected chi connectivity index (χ3v) is 2.42. The molecule has 0 saturated carbocycles. The fraction of sp³-hybridized carbons (Fsp3) is 0.778. The number of hydrogen-bond acceptors (Lipinski definition) is 5. The van der Waals surface area contributed by atoms with Crippen molar-refractivity contribution in [3.8, 4) is 0 Å². The Labute approximate surface area is 88.0 Å². The van der Waals surface area contributed by atoms with Crippen molar-refractivity contribution in [1.82, 2.24) is 0 Å². The van der Waals surface area contributed by atoms with Crippen LogP contribution in [0.4, 0.5) is 9.59 Å². The molecule has 0 aromatic heterocycles. The van der Waals surface area contributed by atoms with E-state index in [0.29, 0.717) is 6.42 Å². The second-order valence-corrected chi connectivity index (χ2v) is 3.61. The normalized spacial score (nSPS) is 14.2. The quantitative estimate of drug-likeness (QED) is 0.447. The first-order chi connectivity index (χ1) is 6.81.